The maximum absolute atomic E-state index is 12.4. The summed E-state index contributed by atoms with van der Waals surface area (Å²) >= 11 is 0. The Kier molecular flexibility index (Phi) is 4.78. The molecule has 4 rings (SSSR count). The van der Waals surface area contributed by atoms with Crippen LogP contribution in [0.5, 0.6) is 0 Å². The first kappa shape index (κ1) is 17.1. The molecule has 1 amide bonds. The van der Waals surface area contributed by atoms with Crippen LogP contribution >= 0.6 is 0 Å². The van der Waals surface area contributed by atoms with Gasteiger partial charge in [0.25, 0.3) is 5.91 Å². The molecule has 0 aliphatic carbocycles. The number of fused-ring (bicyclic) bond motifs is 2. The van der Waals surface area contributed by atoms with E-state index in [0.29, 0.717) is 12.1 Å². The molecule has 1 N–H and O–H groups in total. The number of carbonyl (C=O) groups is 1. The van der Waals surface area contributed by atoms with Gasteiger partial charge in [-0.2, -0.15) is 5.10 Å². The number of amides is 1. The van der Waals surface area contributed by atoms with Gasteiger partial charge in [0.2, 0.25) is 0 Å². The zero-order valence-corrected chi connectivity index (χ0v) is 15.2. The van der Waals surface area contributed by atoms with Crippen LogP contribution < -0.4 is 5.32 Å². The van der Waals surface area contributed by atoms with E-state index in [9.17, 15) is 4.79 Å². The third-order valence-corrected chi connectivity index (χ3v) is 4.65. The van der Waals surface area contributed by atoms with Crippen LogP contribution in [-0.4, -0.2) is 41.6 Å². The Morgan fingerprint density at radius 2 is 2.04 bits per heavy atom. The van der Waals surface area contributed by atoms with Crippen LogP contribution in [0.1, 0.15) is 41.1 Å². The second kappa shape index (κ2) is 7.53. The standard InChI is InChI=1S/C19H21N7O/c1-14-15(13-21-16-9-11-22-26(14)16)19(27)20-10-5-2-3-7-17-23-24-18-8-4-6-12-25(17)18/h4,6,8-9,11-13H,2-3,5,7,10H2,1H3,(H,20,27). The van der Waals surface area contributed by atoms with E-state index in [0.717, 1.165) is 48.5 Å². The van der Waals surface area contributed by atoms with Crippen LogP contribution in [0.4, 0.5) is 0 Å². The molecule has 0 fully saturated rings. The van der Waals surface area contributed by atoms with E-state index >= 15 is 0 Å². The van der Waals surface area contributed by atoms with Crippen molar-refractivity contribution in [2.24, 2.45) is 0 Å². The number of carbonyl (C=O) groups excluding carboxylic acids is 1. The van der Waals surface area contributed by atoms with Crippen molar-refractivity contribution in [3.63, 3.8) is 0 Å². The van der Waals surface area contributed by atoms with Crippen molar-refractivity contribution in [3.05, 3.63) is 59.9 Å². The lowest BCUT2D eigenvalue weighted by Gasteiger charge is -2.08. The van der Waals surface area contributed by atoms with Crippen LogP contribution in [0.25, 0.3) is 11.3 Å². The summed E-state index contributed by atoms with van der Waals surface area (Å²) in [4.78, 5) is 16.6. The number of unbranched alkanes of at least 4 members (excludes halogenated alkanes) is 2. The molecular formula is C19H21N7O. The van der Waals surface area contributed by atoms with E-state index in [2.05, 4.69) is 25.6 Å². The van der Waals surface area contributed by atoms with Crippen molar-refractivity contribution in [1.29, 1.82) is 0 Å². The number of hydrogen-bond donors (Lipinski definition) is 1. The zero-order valence-electron chi connectivity index (χ0n) is 15.2. The molecule has 4 heterocycles. The molecule has 0 saturated heterocycles. The Bertz CT molecular complexity index is 1080. The van der Waals surface area contributed by atoms with Gasteiger partial charge in [-0.3, -0.25) is 9.20 Å². The summed E-state index contributed by atoms with van der Waals surface area (Å²) in [6, 6.07) is 7.70. The number of aromatic nitrogens is 6. The predicted octanol–water partition coefficient (Wildman–Crippen LogP) is 2.22. The summed E-state index contributed by atoms with van der Waals surface area (Å²) in [5, 5.41) is 15.6. The number of pyridine rings is 1. The minimum Gasteiger partial charge on any atom is -0.352 e. The van der Waals surface area contributed by atoms with E-state index in [-0.39, 0.29) is 5.91 Å². The largest absolute Gasteiger partial charge is 0.352 e. The summed E-state index contributed by atoms with van der Waals surface area (Å²) in [6.07, 6.45) is 9.07. The van der Waals surface area contributed by atoms with Crippen LogP contribution in [0.3, 0.4) is 0 Å². The van der Waals surface area contributed by atoms with Gasteiger partial charge in [0.1, 0.15) is 5.82 Å². The van der Waals surface area contributed by atoms with E-state index in [1.807, 2.05) is 41.8 Å². The van der Waals surface area contributed by atoms with Crippen molar-refractivity contribution < 1.29 is 4.79 Å². The molecule has 8 nitrogen and oxygen atoms in total. The van der Waals surface area contributed by atoms with Gasteiger partial charge >= 0.3 is 0 Å². The molecular weight excluding hydrogens is 342 g/mol. The lowest BCUT2D eigenvalue weighted by atomic mass is 10.2. The SMILES string of the molecule is Cc1c(C(=O)NCCCCCc2nnc3ccccn23)cnc2ccnn12. The van der Waals surface area contributed by atoms with Crippen molar-refractivity contribution >= 4 is 17.2 Å². The third kappa shape index (κ3) is 3.51. The Balaban J connectivity index is 1.24. The fourth-order valence-electron chi connectivity index (χ4n) is 3.16. The number of nitrogens with zero attached hydrogens (tertiary/aromatic N) is 6. The van der Waals surface area contributed by atoms with Crippen molar-refractivity contribution in [3.8, 4) is 0 Å². The second-order valence-electron chi connectivity index (χ2n) is 6.47. The number of rotatable bonds is 7. The average Bonchev–Trinajstić information content (AvgIpc) is 3.32. The average molecular weight is 363 g/mol. The molecule has 138 valence electrons. The van der Waals surface area contributed by atoms with Crippen molar-refractivity contribution in [2.45, 2.75) is 32.6 Å². The molecule has 4 aromatic heterocycles. The fraction of sp³-hybridized carbons (Fsp3) is 0.316. The van der Waals surface area contributed by atoms with Crippen LogP contribution in [0, 0.1) is 6.92 Å². The first-order valence-electron chi connectivity index (χ1n) is 9.10. The quantitative estimate of drug-likeness (QED) is 0.509. The highest BCUT2D eigenvalue weighted by Gasteiger charge is 2.12. The van der Waals surface area contributed by atoms with E-state index in [1.54, 1.807) is 16.9 Å². The lowest BCUT2D eigenvalue weighted by Crippen LogP contribution is -2.26. The minimum atomic E-state index is -0.110. The highest BCUT2D eigenvalue weighted by molar-refractivity contribution is 5.95. The van der Waals surface area contributed by atoms with E-state index < -0.39 is 0 Å². The molecule has 0 saturated carbocycles. The third-order valence-electron chi connectivity index (χ3n) is 4.65. The highest BCUT2D eigenvalue weighted by Crippen LogP contribution is 2.10. The van der Waals surface area contributed by atoms with Gasteiger partial charge in [-0.25, -0.2) is 9.50 Å². The van der Waals surface area contributed by atoms with Crippen molar-refractivity contribution in [1.82, 2.24) is 34.5 Å². The smallest absolute Gasteiger partial charge is 0.254 e. The van der Waals surface area contributed by atoms with Gasteiger partial charge in [-0.05, 0) is 31.9 Å². The second-order valence-corrected chi connectivity index (χ2v) is 6.47. The van der Waals surface area contributed by atoms with Crippen LogP contribution in [0.2, 0.25) is 0 Å². The summed E-state index contributed by atoms with van der Waals surface area (Å²) in [5.74, 6) is 0.865. The normalized spacial score (nSPS) is 11.3. The first-order valence-corrected chi connectivity index (χ1v) is 9.10. The molecule has 27 heavy (non-hydrogen) atoms. The van der Waals surface area contributed by atoms with Crippen molar-refractivity contribution in [2.75, 3.05) is 6.54 Å². The summed E-state index contributed by atoms with van der Waals surface area (Å²) in [5.41, 5.74) is 2.96. The molecule has 0 aliphatic rings. The summed E-state index contributed by atoms with van der Waals surface area (Å²) in [6.45, 7) is 2.51. The molecule has 0 aromatic carbocycles. The Morgan fingerprint density at radius 1 is 1.11 bits per heavy atom. The summed E-state index contributed by atoms with van der Waals surface area (Å²) in [7, 11) is 0. The van der Waals surface area contributed by atoms with E-state index in [1.165, 1.54) is 0 Å². The zero-order chi connectivity index (χ0) is 18.6. The number of aryl methyl sites for hydroxylation is 2. The van der Waals surface area contributed by atoms with Gasteiger partial charge in [-0.1, -0.05) is 12.5 Å². The lowest BCUT2D eigenvalue weighted by molar-refractivity contribution is 0.0951. The van der Waals surface area contributed by atoms with E-state index in [4.69, 9.17) is 0 Å². The molecule has 0 atom stereocenters. The van der Waals surface area contributed by atoms with Gasteiger partial charge in [0.15, 0.2) is 11.3 Å². The predicted molar refractivity (Wildman–Crippen MR) is 101 cm³/mol. The minimum absolute atomic E-state index is 0.110. The maximum Gasteiger partial charge on any atom is 0.254 e. The molecule has 0 unspecified atom stereocenters. The molecule has 4 aromatic rings. The van der Waals surface area contributed by atoms with Crippen LogP contribution in [0.15, 0.2) is 42.9 Å². The van der Waals surface area contributed by atoms with Gasteiger partial charge in [0, 0.05) is 31.4 Å². The fourth-order valence-corrected chi connectivity index (χ4v) is 3.16. The monoisotopic (exact) mass is 363 g/mol. The summed E-state index contributed by atoms with van der Waals surface area (Å²) < 4.78 is 3.70. The van der Waals surface area contributed by atoms with Gasteiger partial charge in [0.05, 0.1) is 17.5 Å². The Hall–Kier alpha value is -3.29. The molecule has 0 spiro atoms. The molecule has 0 aliphatic heterocycles. The first-order chi connectivity index (χ1) is 13.2. The number of hydrogen-bond acceptors (Lipinski definition) is 5. The highest BCUT2D eigenvalue weighted by atomic mass is 16.1. The molecule has 0 radical (unpaired) electrons. The number of nitrogens with one attached hydrogen (secondary N) is 1. The Morgan fingerprint density at radius 3 is 2.96 bits per heavy atom. The maximum atomic E-state index is 12.4. The van der Waals surface area contributed by atoms with Gasteiger partial charge < -0.3 is 5.32 Å². The Labute approximate surface area is 156 Å². The topological polar surface area (TPSA) is 89.5 Å². The van der Waals surface area contributed by atoms with Gasteiger partial charge in [-0.15, -0.1) is 10.2 Å². The molecule has 8 heteroatoms. The van der Waals surface area contributed by atoms with Crippen LogP contribution in [-0.2, 0) is 6.42 Å². The molecule has 0 bridgehead atoms.